The van der Waals surface area contributed by atoms with Crippen LogP contribution in [-0.4, -0.2) is 29.3 Å². The van der Waals surface area contributed by atoms with E-state index in [1.165, 1.54) is 0 Å². The monoisotopic (exact) mass is 407 g/mol. The molecule has 1 aromatic carbocycles. The smallest absolute Gasteiger partial charge is 0.324 e. The third-order valence-corrected chi connectivity index (χ3v) is 4.73. The van der Waals surface area contributed by atoms with Crippen molar-refractivity contribution >= 4 is 23.4 Å². The van der Waals surface area contributed by atoms with Crippen molar-refractivity contribution in [2.45, 2.75) is 32.8 Å². The van der Waals surface area contributed by atoms with E-state index < -0.39 is 0 Å². The molecule has 0 aliphatic carbocycles. The second-order valence-electron chi connectivity index (χ2n) is 8.19. The van der Waals surface area contributed by atoms with Crippen molar-refractivity contribution in [1.82, 2.24) is 10.1 Å². The molecule has 30 heavy (non-hydrogen) atoms. The molecule has 3 N–H and O–H groups in total. The molecule has 3 aromatic rings. The number of rotatable bonds is 3. The van der Waals surface area contributed by atoms with Crippen LogP contribution in [0.1, 0.15) is 32.1 Å². The summed E-state index contributed by atoms with van der Waals surface area (Å²) in [7, 11) is 0. The SMILES string of the molecule is CC(C)(C)c1cc(NC(=O)Nc2ccc(-c3cnc4c(c3)COCCN4)cc2)no1. The van der Waals surface area contributed by atoms with Crippen molar-refractivity contribution in [3.63, 3.8) is 0 Å². The number of hydrogen-bond donors (Lipinski definition) is 3. The lowest BCUT2D eigenvalue weighted by Gasteiger charge is -2.12. The van der Waals surface area contributed by atoms with Crippen LogP contribution in [0.5, 0.6) is 0 Å². The zero-order chi connectivity index (χ0) is 21.1. The highest BCUT2D eigenvalue weighted by atomic mass is 16.5. The third-order valence-electron chi connectivity index (χ3n) is 4.73. The van der Waals surface area contributed by atoms with Gasteiger partial charge in [-0.2, -0.15) is 0 Å². The summed E-state index contributed by atoms with van der Waals surface area (Å²) in [5, 5.41) is 12.6. The summed E-state index contributed by atoms with van der Waals surface area (Å²) in [5.74, 6) is 1.95. The minimum Gasteiger partial charge on any atom is -0.375 e. The first kappa shape index (κ1) is 19.9. The van der Waals surface area contributed by atoms with Crippen molar-refractivity contribution in [3.8, 4) is 11.1 Å². The number of urea groups is 1. The summed E-state index contributed by atoms with van der Waals surface area (Å²) in [4.78, 5) is 16.8. The molecular formula is C22H25N5O3. The molecule has 8 heteroatoms. The van der Waals surface area contributed by atoms with Gasteiger partial charge in [-0.05, 0) is 23.8 Å². The second-order valence-corrected chi connectivity index (χ2v) is 8.19. The predicted octanol–water partition coefficient (Wildman–Crippen LogP) is 4.62. The lowest BCUT2D eigenvalue weighted by Crippen LogP contribution is -2.19. The van der Waals surface area contributed by atoms with Crippen molar-refractivity contribution < 1.29 is 14.1 Å². The van der Waals surface area contributed by atoms with E-state index in [2.05, 4.69) is 32.2 Å². The van der Waals surface area contributed by atoms with E-state index in [1.54, 1.807) is 6.07 Å². The first-order valence-electron chi connectivity index (χ1n) is 9.85. The normalized spacial score (nSPS) is 13.7. The first-order chi connectivity index (χ1) is 14.4. The zero-order valence-electron chi connectivity index (χ0n) is 17.3. The predicted molar refractivity (Wildman–Crippen MR) is 116 cm³/mol. The van der Waals surface area contributed by atoms with Crippen molar-refractivity contribution in [3.05, 3.63) is 53.9 Å². The molecule has 0 atom stereocenters. The van der Waals surface area contributed by atoms with Crippen LogP contribution >= 0.6 is 0 Å². The number of anilines is 3. The molecule has 0 fully saturated rings. The van der Waals surface area contributed by atoms with Gasteiger partial charge in [-0.3, -0.25) is 5.32 Å². The molecule has 2 aromatic heterocycles. The number of nitrogens with zero attached hydrogens (tertiary/aromatic N) is 2. The van der Waals surface area contributed by atoms with E-state index in [0.29, 0.717) is 30.5 Å². The van der Waals surface area contributed by atoms with Crippen molar-refractivity contribution in [2.24, 2.45) is 0 Å². The Hall–Kier alpha value is -3.39. The van der Waals surface area contributed by atoms with E-state index in [1.807, 2.05) is 51.2 Å². The van der Waals surface area contributed by atoms with E-state index in [-0.39, 0.29) is 11.4 Å². The van der Waals surface area contributed by atoms with Gasteiger partial charge in [0, 0.05) is 41.0 Å². The average molecular weight is 407 g/mol. The fourth-order valence-corrected chi connectivity index (χ4v) is 3.07. The van der Waals surface area contributed by atoms with Gasteiger partial charge in [0.25, 0.3) is 0 Å². The number of fused-ring (bicyclic) bond motifs is 1. The number of amides is 2. The van der Waals surface area contributed by atoms with Gasteiger partial charge in [-0.15, -0.1) is 0 Å². The zero-order valence-corrected chi connectivity index (χ0v) is 17.3. The fraction of sp³-hybridized carbons (Fsp3) is 0.318. The Morgan fingerprint density at radius 1 is 1.10 bits per heavy atom. The van der Waals surface area contributed by atoms with Crippen molar-refractivity contribution in [1.29, 1.82) is 0 Å². The number of hydrogen-bond acceptors (Lipinski definition) is 6. The van der Waals surface area contributed by atoms with Crippen molar-refractivity contribution in [2.75, 3.05) is 29.1 Å². The molecule has 4 rings (SSSR count). The van der Waals surface area contributed by atoms with Gasteiger partial charge in [0.15, 0.2) is 5.82 Å². The van der Waals surface area contributed by atoms with E-state index in [0.717, 1.165) is 29.1 Å². The Morgan fingerprint density at radius 2 is 1.90 bits per heavy atom. The Kier molecular flexibility index (Phi) is 5.41. The maximum absolute atomic E-state index is 12.3. The molecular weight excluding hydrogens is 382 g/mol. The molecule has 156 valence electrons. The minimum atomic E-state index is -0.383. The molecule has 0 unspecified atom stereocenters. The summed E-state index contributed by atoms with van der Waals surface area (Å²) in [6.07, 6.45) is 1.84. The van der Waals surface area contributed by atoms with Crippen LogP contribution in [0.3, 0.4) is 0 Å². The number of benzene rings is 1. The molecule has 0 radical (unpaired) electrons. The second kappa shape index (κ2) is 8.16. The van der Waals surface area contributed by atoms with E-state index in [9.17, 15) is 4.79 Å². The van der Waals surface area contributed by atoms with Crippen LogP contribution in [0.15, 0.2) is 47.1 Å². The first-order valence-corrected chi connectivity index (χ1v) is 9.85. The molecule has 2 amide bonds. The molecule has 0 spiro atoms. The average Bonchev–Trinajstić information content (AvgIpc) is 3.05. The lowest BCUT2D eigenvalue weighted by molar-refractivity contribution is 0.134. The van der Waals surface area contributed by atoms with Crippen LogP contribution in [0.25, 0.3) is 11.1 Å². The van der Waals surface area contributed by atoms with Gasteiger partial charge in [-0.1, -0.05) is 38.1 Å². The minimum absolute atomic E-state index is 0.175. The van der Waals surface area contributed by atoms with Crippen LogP contribution in [0.2, 0.25) is 0 Å². The van der Waals surface area contributed by atoms with Gasteiger partial charge in [0.2, 0.25) is 0 Å². The number of pyridine rings is 1. The standard InChI is InChI=1S/C22H25N5O3/c1-22(2,3)18-11-19(27-30-18)26-21(28)25-17-6-4-14(5-7-17)15-10-16-13-29-9-8-23-20(16)24-12-15/h4-7,10-12H,8-9,13H2,1-3H3,(H,23,24)(H2,25,26,27,28). The number of carbonyl (C=O) groups excluding carboxylic acids is 1. The summed E-state index contributed by atoms with van der Waals surface area (Å²) >= 11 is 0. The van der Waals surface area contributed by atoms with E-state index >= 15 is 0 Å². The summed E-state index contributed by atoms with van der Waals surface area (Å²) in [6, 6.07) is 11.0. The Bertz CT molecular complexity index is 1040. The maximum Gasteiger partial charge on any atom is 0.324 e. The van der Waals surface area contributed by atoms with Crippen LogP contribution in [0, 0.1) is 0 Å². The number of aromatic nitrogens is 2. The topological polar surface area (TPSA) is 101 Å². The number of nitrogens with one attached hydrogen (secondary N) is 3. The highest BCUT2D eigenvalue weighted by Gasteiger charge is 2.20. The molecule has 3 heterocycles. The van der Waals surface area contributed by atoms with Gasteiger partial charge in [0.05, 0.1) is 13.2 Å². The third kappa shape index (κ3) is 4.60. The summed E-state index contributed by atoms with van der Waals surface area (Å²) in [6.45, 7) is 8.02. The maximum atomic E-state index is 12.3. The number of ether oxygens (including phenoxy) is 1. The highest BCUT2D eigenvalue weighted by Crippen LogP contribution is 2.27. The molecule has 1 aliphatic heterocycles. The van der Waals surface area contributed by atoms with Gasteiger partial charge in [-0.25, -0.2) is 9.78 Å². The molecule has 0 bridgehead atoms. The highest BCUT2D eigenvalue weighted by molar-refractivity contribution is 5.99. The molecule has 8 nitrogen and oxygen atoms in total. The lowest BCUT2D eigenvalue weighted by atomic mass is 9.93. The molecule has 0 saturated heterocycles. The summed E-state index contributed by atoms with van der Waals surface area (Å²) in [5.41, 5.74) is 3.53. The fourth-order valence-electron chi connectivity index (χ4n) is 3.07. The largest absolute Gasteiger partial charge is 0.375 e. The van der Waals surface area contributed by atoms with Gasteiger partial charge >= 0.3 is 6.03 Å². The summed E-state index contributed by atoms with van der Waals surface area (Å²) < 4.78 is 10.9. The number of carbonyl (C=O) groups is 1. The molecule has 0 saturated carbocycles. The Morgan fingerprint density at radius 3 is 2.63 bits per heavy atom. The van der Waals surface area contributed by atoms with Crippen LogP contribution in [0.4, 0.5) is 22.1 Å². The quantitative estimate of drug-likeness (QED) is 0.586. The van der Waals surface area contributed by atoms with Gasteiger partial charge in [0.1, 0.15) is 11.6 Å². The van der Waals surface area contributed by atoms with E-state index in [4.69, 9.17) is 9.26 Å². The Labute approximate surface area is 175 Å². The van der Waals surface area contributed by atoms with Crippen LogP contribution in [-0.2, 0) is 16.8 Å². The van der Waals surface area contributed by atoms with Crippen LogP contribution < -0.4 is 16.0 Å². The molecule has 1 aliphatic rings. The Balaban J connectivity index is 1.41. The van der Waals surface area contributed by atoms with Gasteiger partial charge < -0.3 is 19.9 Å².